The van der Waals surface area contributed by atoms with E-state index in [1.807, 2.05) is 0 Å². The molecule has 0 aromatic rings. The summed E-state index contributed by atoms with van der Waals surface area (Å²) in [5.74, 6) is 0.194. The van der Waals surface area contributed by atoms with Gasteiger partial charge in [-0.05, 0) is 29.6 Å². The lowest BCUT2D eigenvalue weighted by Crippen LogP contribution is -2.49. The summed E-state index contributed by atoms with van der Waals surface area (Å²) in [6.45, 7) is 10.1. The molecular weight excluding hydrogens is 365 g/mol. The summed E-state index contributed by atoms with van der Waals surface area (Å²) in [5.41, 5.74) is -5.78. The number of hydrogen-bond donors (Lipinski definition) is 0. The van der Waals surface area contributed by atoms with Gasteiger partial charge in [0.2, 0.25) is 0 Å². The molecule has 3 fully saturated rings. The van der Waals surface area contributed by atoms with Gasteiger partial charge in [0.05, 0.1) is 12.7 Å². The number of hydrogen-bond acceptors (Lipinski definition) is 4. The number of fused-ring (bicyclic) bond motifs is 5. The molecule has 0 N–H and O–H groups in total. The fourth-order valence-corrected chi connectivity index (χ4v) is 10.3. The number of ether oxygens (including phenoxy) is 1. The molecule has 2 bridgehead atoms. The second-order valence-electron chi connectivity index (χ2n) is 7.66. The van der Waals surface area contributed by atoms with Crippen molar-refractivity contribution in [1.29, 1.82) is 0 Å². The monoisotopic (exact) mass is 388 g/mol. The van der Waals surface area contributed by atoms with Crippen LogP contribution in [0.5, 0.6) is 0 Å². The first-order valence-corrected chi connectivity index (χ1v) is 11.1. The minimum Gasteiger partial charge on any atom is -0.376 e. The minimum atomic E-state index is -5.67. The molecule has 0 amide bonds. The maximum Gasteiger partial charge on any atom is 0.523 e. The molecule has 5 atom stereocenters. The summed E-state index contributed by atoms with van der Waals surface area (Å²) >= 11 is 0. The Labute approximate surface area is 142 Å². The van der Waals surface area contributed by atoms with Crippen molar-refractivity contribution in [2.75, 3.05) is 12.4 Å². The normalized spacial score (nSPS) is 47.0. The van der Waals surface area contributed by atoms with E-state index < -0.39 is 25.9 Å². The highest BCUT2D eigenvalue weighted by molar-refractivity contribution is 8.35. The Hall–Kier alpha value is -0.250. The van der Waals surface area contributed by atoms with Crippen LogP contribution in [0.4, 0.5) is 13.2 Å². The van der Waals surface area contributed by atoms with Gasteiger partial charge in [0.15, 0.2) is 0 Å². The third kappa shape index (κ3) is 2.17. The average molecular weight is 388 g/mol. The molecule has 0 aromatic heterocycles. The Kier molecular flexibility index (Phi) is 3.97. The van der Waals surface area contributed by atoms with Crippen molar-refractivity contribution in [2.24, 2.45) is 16.7 Å². The second kappa shape index (κ2) is 5.14. The van der Waals surface area contributed by atoms with Gasteiger partial charge in [-0.1, -0.05) is 37.7 Å². The Balaban J connectivity index is 2.06. The molecule has 1 aliphatic heterocycles. The van der Waals surface area contributed by atoms with Crippen LogP contribution in [0.3, 0.4) is 0 Å². The first kappa shape index (κ1) is 18.5. The summed E-state index contributed by atoms with van der Waals surface area (Å²) in [5, 5.41) is 0.964. The fraction of sp³-hybridized carbons (Fsp3) is 0.867. The van der Waals surface area contributed by atoms with Crippen LogP contribution in [0.25, 0.3) is 0 Å². The van der Waals surface area contributed by atoms with Gasteiger partial charge in [0, 0.05) is 16.4 Å². The Morgan fingerprint density at radius 3 is 2.50 bits per heavy atom. The highest BCUT2D eigenvalue weighted by atomic mass is 32.3. The molecule has 3 rings (SSSR count). The van der Waals surface area contributed by atoms with E-state index in [1.54, 1.807) is 0 Å². The molecule has 1 saturated heterocycles. The molecule has 2 aliphatic carbocycles. The molecule has 0 radical (unpaired) electrons. The van der Waals surface area contributed by atoms with Crippen LogP contribution < -0.4 is 0 Å². The summed E-state index contributed by atoms with van der Waals surface area (Å²) < 4.78 is 72.9. The van der Waals surface area contributed by atoms with E-state index in [0.29, 0.717) is 0 Å². The van der Waals surface area contributed by atoms with Gasteiger partial charge in [-0.25, -0.2) is 3.63 Å². The van der Waals surface area contributed by atoms with Crippen molar-refractivity contribution in [2.45, 2.75) is 50.5 Å². The molecule has 24 heavy (non-hydrogen) atoms. The number of halogens is 3. The van der Waals surface area contributed by atoms with E-state index in [2.05, 4.69) is 27.4 Å². The zero-order valence-corrected chi connectivity index (χ0v) is 15.6. The van der Waals surface area contributed by atoms with Gasteiger partial charge >= 0.3 is 15.6 Å². The maximum atomic E-state index is 12.9. The van der Waals surface area contributed by atoms with E-state index in [4.69, 9.17) is 8.37 Å². The van der Waals surface area contributed by atoms with Crippen LogP contribution in [-0.2, 0) is 18.5 Å². The average Bonchev–Trinajstić information content (AvgIpc) is 2.78. The lowest BCUT2D eigenvalue weighted by atomic mass is 9.70. The number of rotatable bonds is 3. The maximum absolute atomic E-state index is 12.9. The molecule has 0 spiro atoms. The molecule has 3 aliphatic rings. The Morgan fingerprint density at radius 1 is 1.33 bits per heavy atom. The summed E-state index contributed by atoms with van der Waals surface area (Å²) in [7, 11) is -8.33. The number of alkyl halides is 3. The standard InChI is InChI=1S/C15H23F3O4S2/c1-5-23(22-24(19,20)15(16,17)18)9-8-21-12-11(23)10-6-7-14(12,4)13(10,2)3/h5,10-12H,1,6-9H2,2-4H3/t10-,11-,12-,14+/m1/s1. The third-order valence-corrected chi connectivity index (χ3v) is 11.8. The van der Waals surface area contributed by atoms with E-state index in [9.17, 15) is 21.6 Å². The van der Waals surface area contributed by atoms with Crippen molar-refractivity contribution in [3.8, 4) is 0 Å². The summed E-state index contributed by atoms with van der Waals surface area (Å²) in [6, 6.07) is 0. The van der Waals surface area contributed by atoms with Gasteiger partial charge in [0.1, 0.15) is 0 Å². The van der Waals surface area contributed by atoms with Crippen molar-refractivity contribution in [3.05, 3.63) is 12.0 Å². The molecule has 0 aromatic carbocycles. The Morgan fingerprint density at radius 2 is 1.96 bits per heavy atom. The zero-order valence-electron chi connectivity index (χ0n) is 13.9. The SMILES string of the molecule is C=CS1(OS(=O)(=O)C(F)(F)F)CCO[C@@H]2[C@H]1[C@H]1CC[C@]2(C)C1(C)C. The quantitative estimate of drug-likeness (QED) is 0.687. The lowest BCUT2D eigenvalue weighted by molar-refractivity contribution is -0.0518. The largest absolute Gasteiger partial charge is 0.523 e. The van der Waals surface area contributed by atoms with Gasteiger partial charge in [-0.15, -0.1) is 0 Å². The first-order valence-electron chi connectivity index (χ1n) is 7.89. The van der Waals surface area contributed by atoms with Crippen LogP contribution in [-0.4, -0.2) is 37.6 Å². The summed E-state index contributed by atoms with van der Waals surface area (Å²) in [4.78, 5) is 0. The lowest BCUT2D eigenvalue weighted by Gasteiger charge is -2.52. The smallest absolute Gasteiger partial charge is 0.376 e. The van der Waals surface area contributed by atoms with Crippen LogP contribution in [0.1, 0.15) is 33.6 Å². The topological polar surface area (TPSA) is 52.6 Å². The molecule has 2 saturated carbocycles. The predicted octanol–water partition coefficient (Wildman–Crippen LogP) is 3.94. The van der Waals surface area contributed by atoms with Crippen LogP contribution >= 0.6 is 10.3 Å². The van der Waals surface area contributed by atoms with Crippen LogP contribution in [0, 0.1) is 16.7 Å². The molecule has 1 unspecified atom stereocenters. The van der Waals surface area contributed by atoms with E-state index in [-0.39, 0.29) is 40.5 Å². The van der Waals surface area contributed by atoms with Crippen molar-refractivity contribution >= 4 is 20.4 Å². The van der Waals surface area contributed by atoms with Gasteiger partial charge in [0.25, 0.3) is 0 Å². The minimum absolute atomic E-state index is 0.0595. The van der Waals surface area contributed by atoms with Crippen molar-refractivity contribution in [3.63, 3.8) is 0 Å². The van der Waals surface area contributed by atoms with Crippen LogP contribution in [0.2, 0.25) is 0 Å². The van der Waals surface area contributed by atoms with Crippen molar-refractivity contribution in [1.82, 2.24) is 0 Å². The Bertz CT molecular complexity index is 660. The fourth-order valence-electron chi connectivity index (χ4n) is 4.93. The second-order valence-corrected chi connectivity index (χ2v) is 12.4. The zero-order chi connectivity index (χ0) is 18.2. The first-order chi connectivity index (χ1) is 10.8. The predicted molar refractivity (Wildman–Crippen MR) is 86.9 cm³/mol. The van der Waals surface area contributed by atoms with E-state index in [0.717, 1.165) is 12.8 Å². The molecule has 4 nitrogen and oxygen atoms in total. The highest BCUT2D eigenvalue weighted by Crippen LogP contribution is 2.77. The van der Waals surface area contributed by atoms with Crippen LogP contribution in [0.15, 0.2) is 12.0 Å². The molecule has 140 valence electrons. The summed E-state index contributed by atoms with van der Waals surface area (Å²) in [6.07, 6.45) is 1.47. The van der Waals surface area contributed by atoms with E-state index in [1.165, 1.54) is 5.41 Å². The van der Waals surface area contributed by atoms with Gasteiger partial charge in [-0.2, -0.15) is 21.6 Å². The third-order valence-electron chi connectivity index (χ3n) is 6.64. The van der Waals surface area contributed by atoms with E-state index >= 15 is 0 Å². The highest BCUT2D eigenvalue weighted by Gasteiger charge is 2.71. The molecule has 1 heterocycles. The molecule has 9 heteroatoms. The molecular formula is C15H23F3O4S2. The van der Waals surface area contributed by atoms with Crippen molar-refractivity contribution < 1.29 is 30.0 Å². The van der Waals surface area contributed by atoms with Gasteiger partial charge < -0.3 is 4.74 Å². The van der Waals surface area contributed by atoms with Gasteiger partial charge in [-0.3, -0.25) is 0 Å².